The lowest BCUT2D eigenvalue weighted by Gasteiger charge is -2.11. The number of methoxy groups -OCH3 is 1. The summed E-state index contributed by atoms with van der Waals surface area (Å²) in [5.41, 5.74) is 1.19. The van der Waals surface area contributed by atoms with Crippen LogP contribution in [0.5, 0.6) is 11.5 Å². The van der Waals surface area contributed by atoms with Gasteiger partial charge in [-0.1, -0.05) is 32.3 Å². The topological polar surface area (TPSA) is 18.5 Å². The van der Waals surface area contributed by atoms with Crippen LogP contribution in [-0.4, -0.2) is 13.7 Å². The molecule has 0 saturated heterocycles. The Morgan fingerprint density at radius 1 is 1.06 bits per heavy atom. The third-order valence-electron chi connectivity index (χ3n) is 2.57. The van der Waals surface area contributed by atoms with Crippen molar-refractivity contribution >= 4 is 0 Å². The Morgan fingerprint density at radius 3 is 2.56 bits per heavy atom. The van der Waals surface area contributed by atoms with Crippen LogP contribution in [-0.2, 0) is 0 Å². The van der Waals surface area contributed by atoms with Crippen molar-refractivity contribution in [2.45, 2.75) is 39.5 Å². The Balaban J connectivity index is 2.41. The van der Waals surface area contributed by atoms with Crippen LogP contribution in [0, 0.1) is 6.92 Å². The minimum Gasteiger partial charge on any atom is -0.493 e. The normalized spacial score (nSPS) is 10.2. The maximum Gasteiger partial charge on any atom is 0.161 e. The molecule has 0 aliphatic rings. The minimum absolute atomic E-state index is 0.777. The van der Waals surface area contributed by atoms with Crippen molar-refractivity contribution in [3.05, 3.63) is 23.8 Å². The third-order valence-corrected chi connectivity index (χ3v) is 2.57. The van der Waals surface area contributed by atoms with Crippen molar-refractivity contribution in [2.75, 3.05) is 13.7 Å². The molecule has 0 saturated carbocycles. The fourth-order valence-corrected chi connectivity index (χ4v) is 1.61. The molecule has 90 valence electrons. The molecule has 2 heteroatoms. The molecular weight excluding hydrogens is 200 g/mol. The lowest BCUT2D eigenvalue weighted by Crippen LogP contribution is -1.99. The van der Waals surface area contributed by atoms with E-state index in [1.54, 1.807) is 7.11 Å². The van der Waals surface area contributed by atoms with Gasteiger partial charge in [0.15, 0.2) is 11.5 Å². The molecule has 2 nitrogen and oxygen atoms in total. The van der Waals surface area contributed by atoms with Crippen LogP contribution in [0.15, 0.2) is 18.2 Å². The van der Waals surface area contributed by atoms with Gasteiger partial charge in [-0.2, -0.15) is 0 Å². The standard InChI is InChI=1S/C14H22O2/c1-4-5-6-7-10-16-13-9-8-12(2)11-14(13)15-3/h8-9,11H,4-7,10H2,1-3H3. The Hall–Kier alpha value is -1.18. The maximum absolute atomic E-state index is 5.70. The number of unbranched alkanes of at least 4 members (excludes halogenated alkanes) is 3. The zero-order chi connectivity index (χ0) is 11.8. The van der Waals surface area contributed by atoms with E-state index in [1.807, 2.05) is 25.1 Å². The van der Waals surface area contributed by atoms with E-state index in [2.05, 4.69) is 6.92 Å². The number of aryl methyl sites for hydroxylation is 1. The van der Waals surface area contributed by atoms with Crippen LogP contribution in [0.1, 0.15) is 38.2 Å². The highest BCUT2D eigenvalue weighted by Gasteiger charge is 2.03. The first-order chi connectivity index (χ1) is 7.77. The fourth-order valence-electron chi connectivity index (χ4n) is 1.61. The van der Waals surface area contributed by atoms with Gasteiger partial charge in [0.1, 0.15) is 0 Å². The second-order valence-corrected chi connectivity index (χ2v) is 4.06. The van der Waals surface area contributed by atoms with Gasteiger partial charge < -0.3 is 9.47 Å². The summed E-state index contributed by atoms with van der Waals surface area (Å²) in [6.07, 6.45) is 4.90. The maximum atomic E-state index is 5.70. The molecule has 0 aliphatic heterocycles. The summed E-state index contributed by atoms with van der Waals surface area (Å²) in [5.74, 6) is 1.68. The van der Waals surface area contributed by atoms with Gasteiger partial charge in [-0.15, -0.1) is 0 Å². The largest absolute Gasteiger partial charge is 0.493 e. The van der Waals surface area contributed by atoms with Gasteiger partial charge >= 0.3 is 0 Å². The van der Waals surface area contributed by atoms with E-state index in [1.165, 1.54) is 24.8 Å². The molecule has 1 rings (SSSR count). The highest BCUT2D eigenvalue weighted by molar-refractivity contribution is 5.42. The number of hydrogen-bond donors (Lipinski definition) is 0. The molecule has 16 heavy (non-hydrogen) atoms. The SMILES string of the molecule is CCCCCCOc1ccc(C)cc1OC. The molecule has 0 unspecified atom stereocenters. The quantitative estimate of drug-likeness (QED) is 0.650. The summed E-state index contributed by atoms with van der Waals surface area (Å²) in [6.45, 7) is 5.04. The summed E-state index contributed by atoms with van der Waals surface area (Å²) in [4.78, 5) is 0. The molecule has 0 aromatic heterocycles. The lowest BCUT2D eigenvalue weighted by atomic mass is 10.2. The summed E-state index contributed by atoms with van der Waals surface area (Å²) < 4.78 is 11.0. The summed E-state index contributed by atoms with van der Waals surface area (Å²) >= 11 is 0. The second-order valence-electron chi connectivity index (χ2n) is 4.06. The molecule has 0 amide bonds. The smallest absolute Gasteiger partial charge is 0.161 e. The van der Waals surface area contributed by atoms with Gasteiger partial charge in [-0.05, 0) is 31.0 Å². The molecule has 0 heterocycles. The van der Waals surface area contributed by atoms with Gasteiger partial charge in [0.05, 0.1) is 13.7 Å². The highest BCUT2D eigenvalue weighted by Crippen LogP contribution is 2.27. The van der Waals surface area contributed by atoms with Gasteiger partial charge in [0, 0.05) is 0 Å². The summed E-state index contributed by atoms with van der Waals surface area (Å²) in [6, 6.07) is 6.03. The van der Waals surface area contributed by atoms with Crippen LogP contribution in [0.3, 0.4) is 0 Å². The van der Waals surface area contributed by atoms with Gasteiger partial charge in [0.2, 0.25) is 0 Å². The van der Waals surface area contributed by atoms with Gasteiger partial charge in [0.25, 0.3) is 0 Å². The average molecular weight is 222 g/mol. The van der Waals surface area contributed by atoms with Crippen molar-refractivity contribution in [1.82, 2.24) is 0 Å². The fraction of sp³-hybridized carbons (Fsp3) is 0.571. The van der Waals surface area contributed by atoms with Crippen molar-refractivity contribution in [3.8, 4) is 11.5 Å². The van der Waals surface area contributed by atoms with Crippen LogP contribution >= 0.6 is 0 Å². The summed E-state index contributed by atoms with van der Waals surface area (Å²) in [7, 11) is 1.68. The van der Waals surface area contributed by atoms with Crippen molar-refractivity contribution in [3.63, 3.8) is 0 Å². The van der Waals surface area contributed by atoms with Crippen molar-refractivity contribution < 1.29 is 9.47 Å². The van der Waals surface area contributed by atoms with E-state index < -0.39 is 0 Å². The van der Waals surface area contributed by atoms with E-state index in [-0.39, 0.29) is 0 Å². The van der Waals surface area contributed by atoms with Crippen LogP contribution in [0.4, 0.5) is 0 Å². The van der Waals surface area contributed by atoms with Crippen molar-refractivity contribution in [1.29, 1.82) is 0 Å². The number of rotatable bonds is 7. The summed E-state index contributed by atoms with van der Waals surface area (Å²) in [5, 5.41) is 0. The monoisotopic (exact) mass is 222 g/mol. The van der Waals surface area contributed by atoms with E-state index in [4.69, 9.17) is 9.47 Å². The Kier molecular flexibility index (Phi) is 5.76. The molecule has 0 aliphatic carbocycles. The zero-order valence-electron chi connectivity index (χ0n) is 10.6. The predicted molar refractivity (Wildman–Crippen MR) is 67.4 cm³/mol. The lowest BCUT2D eigenvalue weighted by molar-refractivity contribution is 0.285. The van der Waals surface area contributed by atoms with Gasteiger partial charge in [-0.25, -0.2) is 0 Å². The average Bonchev–Trinajstić information content (AvgIpc) is 2.30. The van der Waals surface area contributed by atoms with Crippen LogP contribution in [0.2, 0.25) is 0 Å². The molecule has 0 spiro atoms. The predicted octanol–water partition coefficient (Wildman–Crippen LogP) is 3.96. The molecule has 0 fully saturated rings. The number of hydrogen-bond acceptors (Lipinski definition) is 2. The molecule has 1 aromatic rings. The van der Waals surface area contributed by atoms with E-state index >= 15 is 0 Å². The number of benzene rings is 1. The van der Waals surface area contributed by atoms with E-state index in [0.717, 1.165) is 24.5 Å². The van der Waals surface area contributed by atoms with E-state index in [9.17, 15) is 0 Å². The number of ether oxygens (including phenoxy) is 2. The molecular formula is C14H22O2. The Bertz CT molecular complexity index is 308. The molecule has 0 N–H and O–H groups in total. The van der Waals surface area contributed by atoms with E-state index in [0.29, 0.717) is 0 Å². The highest BCUT2D eigenvalue weighted by atomic mass is 16.5. The van der Waals surface area contributed by atoms with Crippen LogP contribution in [0.25, 0.3) is 0 Å². The minimum atomic E-state index is 0.777. The molecule has 0 atom stereocenters. The third kappa shape index (κ3) is 4.13. The van der Waals surface area contributed by atoms with Crippen LogP contribution < -0.4 is 9.47 Å². The Labute approximate surface area is 98.6 Å². The first-order valence-electron chi connectivity index (χ1n) is 6.05. The molecule has 0 radical (unpaired) electrons. The molecule has 1 aromatic carbocycles. The zero-order valence-corrected chi connectivity index (χ0v) is 10.6. The van der Waals surface area contributed by atoms with Gasteiger partial charge in [-0.3, -0.25) is 0 Å². The molecule has 0 bridgehead atoms. The first kappa shape index (κ1) is 12.9. The second kappa shape index (κ2) is 7.15. The Morgan fingerprint density at radius 2 is 1.88 bits per heavy atom. The first-order valence-corrected chi connectivity index (χ1v) is 6.05. The van der Waals surface area contributed by atoms with Crippen molar-refractivity contribution in [2.24, 2.45) is 0 Å².